The standard InChI is InChI=1S/C18H19N5/c1-22-9-14-10-23(11-17(14)22)18-5-4-16(20-21-18)12-2-3-15-13(8-12)6-7-19-15/h2-8,14,17,19H,9-11H2,1H3/t14-,17+/m0/s1. The molecule has 0 unspecified atom stereocenters. The van der Waals surface area contributed by atoms with E-state index in [1.807, 2.05) is 6.20 Å². The Bertz CT molecular complexity index is 853. The van der Waals surface area contributed by atoms with Crippen LogP contribution in [0.5, 0.6) is 0 Å². The highest BCUT2D eigenvalue weighted by atomic mass is 15.3. The van der Waals surface area contributed by atoms with Crippen molar-refractivity contribution in [3.05, 3.63) is 42.6 Å². The lowest BCUT2D eigenvalue weighted by Gasteiger charge is -2.40. The van der Waals surface area contributed by atoms with Crippen LogP contribution in [0.25, 0.3) is 22.2 Å². The Morgan fingerprint density at radius 3 is 2.78 bits per heavy atom. The largest absolute Gasteiger partial charge is 0.361 e. The van der Waals surface area contributed by atoms with Crippen LogP contribution in [0.2, 0.25) is 0 Å². The molecule has 1 aromatic carbocycles. The summed E-state index contributed by atoms with van der Waals surface area (Å²) in [6.45, 7) is 3.40. The van der Waals surface area contributed by atoms with Gasteiger partial charge < -0.3 is 14.8 Å². The number of fused-ring (bicyclic) bond motifs is 2. The van der Waals surface area contributed by atoms with Crippen molar-refractivity contribution < 1.29 is 0 Å². The molecule has 0 radical (unpaired) electrons. The van der Waals surface area contributed by atoms with Gasteiger partial charge in [-0.15, -0.1) is 10.2 Å². The van der Waals surface area contributed by atoms with Gasteiger partial charge in [-0.2, -0.15) is 0 Å². The summed E-state index contributed by atoms with van der Waals surface area (Å²) in [5.41, 5.74) is 3.18. The Kier molecular flexibility index (Phi) is 2.73. The summed E-state index contributed by atoms with van der Waals surface area (Å²) >= 11 is 0. The van der Waals surface area contributed by atoms with Crippen molar-refractivity contribution in [3.63, 3.8) is 0 Å². The molecule has 4 heterocycles. The maximum absolute atomic E-state index is 4.48. The number of benzene rings is 1. The van der Waals surface area contributed by atoms with Crippen LogP contribution in [-0.4, -0.2) is 52.8 Å². The predicted octanol–water partition coefficient (Wildman–Crippen LogP) is 2.38. The van der Waals surface area contributed by atoms with Gasteiger partial charge in [-0.1, -0.05) is 6.07 Å². The highest BCUT2D eigenvalue weighted by Crippen LogP contribution is 2.33. The van der Waals surface area contributed by atoms with Crippen molar-refractivity contribution in [2.75, 3.05) is 31.6 Å². The number of anilines is 1. The topological polar surface area (TPSA) is 48.0 Å². The van der Waals surface area contributed by atoms with E-state index in [0.29, 0.717) is 6.04 Å². The molecule has 0 spiro atoms. The summed E-state index contributed by atoms with van der Waals surface area (Å²) in [6, 6.07) is 13.3. The van der Waals surface area contributed by atoms with Gasteiger partial charge in [0.15, 0.2) is 5.82 Å². The van der Waals surface area contributed by atoms with Gasteiger partial charge in [0.05, 0.1) is 5.69 Å². The van der Waals surface area contributed by atoms with E-state index in [0.717, 1.165) is 41.6 Å². The summed E-state index contributed by atoms with van der Waals surface area (Å²) in [7, 11) is 2.20. The van der Waals surface area contributed by atoms with Crippen molar-refractivity contribution in [2.24, 2.45) is 5.92 Å². The molecule has 0 aliphatic carbocycles. The van der Waals surface area contributed by atoms with E-state index < -0.39 is 0 Å². The molecular formula is C18H19N5. The van der Waals surface area contributed by atoms with E-state index >= 15 is 0 Å². The normalized spacial score (nSPS) is 24.0. The van der Waals surface area contributed by atoms with Gasteiger partial charge in [-0.05, 0) is 37.4 Å². The van der Waals surface area contributed by atoms with Gasteiger partial charge in [-0.3, -0.25) is 0 Å². The van der Waals surface area contributed by atoms with Crippen LogP contribution in [-0.2, 0) is 0 Å². The molecule has 0 amide bonds. The molecule has 2 atom stereocenters. The van der Waals surface area contributed by atoms with E-state index in [2.05, 4.69) is 68.4 Å². The third-order valence-electron chi connectivity index (χ3n) is 5.32. The summed E-state index contributed by atoms with van der Waals surface area (Å²) < 4.78 is 0. The minimum Gasteiger partial charge on any atom is -0.361 e. The van der Waals surface area contributed by atoms with Crippen LogP contribution in [0.3, 0.4) is 0 Å². The number of hydrogen-bond donors (Lipinski definition) is 1. The van der Waals surface area contributed by atoms with Crippen molar-refractivity contribution >= 4 is 16.7 Å². The summed E-state index contributed by atoms with van der Waals surface area (Å²) in [5, 5.41) is 10.1. The maximum atomic E-state index is 4.48. The van der Waals surface area contributed by atoms with E-state index in [-0.39, 0.29) is 0 Å². The molecule has 3 aromatic rings. The first-order chi connectivity index (χ1) is 11.3. The molecule has 2 saturated heterocycles. The lowest BCUT2D eigenvalue weighted by atomic mass is 9.93. The average Bonchev–Trinajstić information content (AvgIpc) is 3.18. The van der Waals surface area contributed by atoms with Gasteiger partial charge in [0.25, 0.3) is 0 Å². The maximum Gasteiger partial charge on any atom is 0.151 e. The summed E-state index contributed by atoms with van der Waals surface area (Å²) in [6.07, 6.45) is 1.96. The first-order valence-corrected chi connectivity index (χ1v) is 8.14. The van der Waals surface area contributed by atoms with Gasteiger partial charge in [0, 0.05) is 54.3 Å². The average molecular weight is 305 g/mol. The lowest BCUT2D eigenvalue weighted by molar-refractivity contribution is 0.0827. The molecule has 5 rings (SSSR count). The Hall–Kier alpha value is -2.40. The molecule has 5 nitrogen and oxygen atoms in total. The third kappa shape index (κ3) is 2.04. The number of aromatic amines is 1. The zero-order valence-corrected chi connectivity index (χ0v) is 13.1. The predicted molar refractivity (Wildman–Crippen MR) is 91.4 cm³/mol. The molecule has 5 heteroatoms. The second kappa shape index (κ2) is 4.80. The molecule has 0 bridgehead atoms. The second-order valence-corrected chi connectivity index (χ2v) is 6.73. The first-order valence-electron chi connectivity index (χ1n) is 8.14. The SMILES string of the molecule is CN1C[C@H]2CN(c3ccc(-c4ccc5[nH]ccc5c4)nn3)C[C@H]21. The molecule has 2 aromatic heterocycles. The van der Waals surface area contributed by atoms with Gasteiger partial charge in [0.1, 0.15) is 0 Å². The minimum atomic E-state index is 0.701. The van der Waals surface area contributed by atoms with Crippen molar-refractivity contribution in [1.82, 2.24) is 20.1 Å². The highest BCUT2D eigenvalue weighted by molar-refractivity contribution is 5.84. The van der Waals surface area contributed by atoms with Crippen LogP contribution < -0.4 is 4.90 Å². The van der Waals surface area contributed by atoms with E-state index in [9.17, 15) is 0 Å². The molecule has 23 heavy (non-hydrogen) atoms. The molecule has 1 N–H and O–H groups in total. The number of hydrogen-bond acceptors (Lipinski definition) is 4. The third-order valence-corrected chi connectivity index (χ3v) is 5.32. The molecule has 2 aliphatic rings. The first kappa shape index (κ1) is 13.1. The Balaban J connectivity index is 1.41. The van der Waals surface area contributed by atoms with Crippen LogP contribution in [0.4, 0.5) is 5.82 Å². The quantitative estimate of drug-likeness (QED) is 0.790. The van der Waals surface area contributed by atoms with Crippen molar-refractivity contribution in [2.45, 2.75) is 6.04 Å². The van der Waals surface area contributed by atoms with Gasteiger partial charge in [-0.25, -0.2) is 0 Å². The fourth-order valence-corrected chi connectivity index (χ4v) is 3.95. The second-order valence-electron chi connectivity index (χ2n) is 6.73. The van der Waals surface area contributed by atoms with Gasteiger partial charge in [0.2, 0.25) is 0 Å². The monoisotopic (exact) mass is 305 g/mol. The van der Waals surface area contributed by atoms with Crippen LogP contribution >= 0.6 is 0 Å². The molecular weight excluding hydrogens is 286 g/mol. The fraction of sp³-hybridized carbons (Fsp3) is 0.333. The van der Waals surface area contributed by atoms with E-state index in [1.165, 1.54) is 11.9 Å². The highest BCUT2D eigenvalue weighted by Gasteiger charge is 2.43. The number of nitrogens with zero attached hydrogens (tertiary/aromatic N) is 4. The number of rotatable bonds is 2. The Morgan fingerprint density at radius 2 is 2.00 bits per heavy atom. The van der Waals surface area contributed by atoms with Crippen LogP contribution in [0.15, 0.2) is 42.6 Å². The number of nitrogens with one attached hydrogen (secondary N) is 1. The summed E-state index contributed by atoms with van der Waals surface area (Å²) in [5.74, 6) is 1.80. The molecule has 0 saturated carbocycles. The van der Waals surface area contributed by atoms with Crippen LogP contribution in [0, 0.1) is 5.92 Å². The minimum absolute atomic E-state index is 0.701. The zero-order valence-electron chi connectivity index (χ0n) is 13.1. The Labute approximate surface area is 134 Å². The van der Waals surface area contributed by atoms with Gasteiger partial charge >= 0.3 is 0 Å². The number of aromatic nitrogens is 3. The molecule has 2 aliphatic heterocycles. The molecule has 116 valence electrons. The van der Waals surface area contributed by atoms with Crippen LogP contribution in [0.1, 0.15) is 0 Å². The van der Waals surface area contributed by atoms with Crippen molar-refractivity contribution in [1.29, 1.82) is 0 Å². The number of H-pyrrole nitrogens is 1. The van der Waals surface area contributed by atoms with E-state index in [1.54, 1.807) is 0 Å². The number of likely N-dealkylation sites (N-methyl/N-ethyl adjacent to an activating group) is 1. The molecule has 2 fully saturated rings. The fourth-order valence-electron chi connectivity index (χ4n) is 3.95. The smallest absolute Gasteiger partial charge is 0.151 e. The zero-order chi connectivity index (χ0) is 15.4. The lowest BCUT2D eigenvalue weighted by Crippen LogP contribution is -2.52. The summed E-state index contributed by atoms with van der Waals surface area (Å²) in [4.78, 5) is 8.01. The van der Waals surface area contributed by atoms with Crippen molar-refractivity contribution in [3.8, 4) is 11.3 Å². The van der Waals surface area contributed by atoms with E-state index in [4.69, 9.17) is 0 Å². The Morgan fingerprint density at radius 1 is 1.04 bits per heavy atom. The number of likely N-dealkylation sites (tertiary alicyclic amines) is 1.